The molecule has 0 bridgehead atoms. The van der Waals surface area contributed by atoms with Gasteiger partial charge in [-0.1, -0.05) is 22.9 Å². The molecule has 6 nitrogen and oxygen atoms in total. The van der Waals surface area contributed by atoms with Crippen LogP contribution in [-0.2, 0) is 0 Å². The molecule has 0 saturated heterocycles. The minimum absolute atomic E-state index is 0. The van der Waals surface area contributed by atoms with Crippen molar-refractivity contribution in [3.8, 4) is 5.75 Å². The summed E-state index contributed by atoms with van der Waals surface area (Å²) in [6, 6.07) is 3.59. The number of fused-ring (bicyclic) bond motifs is 1. The molecule has 0 aliphatic rings. The Hall–Kier alpha value is -1.45. The lowest BCUT2D eigenvalue weighted by molar-refractivity contribution is 0.0989. The number of carbonyl (C=O) groups excluding carboxylic acids is 1. The van der Waals surface area contributed by atoms with Crippen LogP contribution in [0.4, 0.5) is 5.13 Å². The van der Waals surface area contributed by atoms with Crippen molar-refractivity contribution in [3.05, 3.63) is 32.7 Å². The lowest BCUT2D eigenvalue weighted by Gasteiger charge is -2.20. The van der Waals surface area contributed by atoms with Gasteiger partial charge in [-0.15, -0.1) is 23.7 Å². The van der Waals surface area contributed by atoms with E-state index in [4.69, 9.17) is 21.3 Å². The van der Waals surface area contributed by atoms with Gasteiger partial charge in [0.25, 0.3) is 5.91 Å². The van der Waals surface area contributed by atoms with Gasteiger partial charge in [0.2, 0.25) is 0 Å². The lowest BCUT2D eigenvalue weighted by atomic mass is 10.3. The summed E-state index contributed by atoms with van der Waals surface area (Å²) in [6.45, 7) is 5.22. The molecule has 10 heteroatoms. The van der Waals surface area contributed by atoms with E-state index in [1.54, 1.807) is 24.1 Å². The maximum atomic E-state index is 13.4. The second kappa shape index (κ2) is 10.0. The van der Waals surface area contributed by atoms with Crippen LogP contribution in [0.15, 0.2) is 12.1 Å². The zero-order chi connectivity index (χ0) is 20.4. The van der Waals surface area contributed by atoms with Crippen LogP contribution >= 0.6 is 46.7 Å². The number of nitrogens with zero attached hydrogens (tertiary/aromatic N) is 4. The van der Waals surface area contributed by atoms with Gasteiger partial charge in [0.15, 0.2) is 5.13 Å². The Labute approximate surface area is 189 Å². The fourth-order valence-corrected chi connectivity index (χ4v) is 5.05. The predicted octanol–water partition coefficient (Wildman–Crippen LogP) is 5.05. The van der Waals surface area contributed by atoms with Crippen LogP contribution in [0.5, 0.6) is 5.75 Å². The normalized spacial score (nSPS) is 11.0. The van der Waals surface area contributed by atoms with Crippen LogP contribution in [0.25, 0.3) is 10.2 Å². The molecular formula is C19H24Cl2N4O2S2. The van der Waals surface area contributed by atoms with Crippen LogP contribution in [0.1, 0.15) is 26.8 Å². The van der Waals surface area contributed by atoms with Crippen molar-refractivity contribution in [3.63, 3.8) is 0 Å². The summed E-state index contributed by atoms with van der Waals surface area (Å²) in [7, 11) is 5.64. The third kappa shape index (κ3) is 5.19. The van der Waals surface area contributed by atoms with E-state index in [-0.39, 0.29) is 18.3 Å². The second-order valence-corrected chi connectivity index (χ2v) is 9.27. The smallest absolute Gasteiger partial charge is 0.272 e. The van der Waals surface area contributed by atoms with Crippen LogP contribution < -0.4 is 9.64 Å². The Morgan fingerprint density at radius 3 is 2.48 bits per heavy atom. The highest BCUT2D eigenvalue weighted by molar-refractivity contribution is 7.23. The van der Waals surface area contributed by atoms with Crippen molar-refractivity contribution in [1.29, 1.82) is 0 Å². The zero-order valence-electron chi connectivity index (χ0n) is 17.0. The van der Waals surface area contributed by atoms with E-state index in [1.165, 1.54) is 22.7 Å². The number of halogens is 2. The molecular weight excluding hydrogens is 451 g/mol. The second-order valence-electron chi connectivity index (χ2n) is 6.68. The number of ether oxygens (including phenoxy) is 1. The number of hydrogen-bond donors (Lipinski definition) is 0. The number of carbonyl (C=O) groups is 1. The highest BCUT2D eigenvalue weighted by atomic mass is 35.5. The summed E-state index contributed by atoms with van der Waals surface area (Å²) in [5.41, 5.74) is 1.43. The van der Waals surface area contributed by atoms with Gasteiger partial charge in [0, 0.05) is 6.54 Å². The third-order valence-corrected chi connectivity index (χ3v) is 6.83. The Morgan fingerprint density at radius 1 is 1.17 bits per heavy atom. The lowest BCUT2D eigenvalue weighted by Crippen LogP contribution is -2.33. The largest absolute Gasteiger partial charge is 0.494 e. The van der Waals surface area contributed by atoms with Crippen molar-refractivity contribution in [2.24, 2.45) is 0 Å². The molecule has 0 aliphatic carbocycles. The van der Waals surface area contributed by atoms with E-state index < -0.39 is 0 Å². The van der Waals surface area contributed by atoms with E-state index >= 15 is 0 Å². The van der Waals surface area contributed by atoms with E-state index in [2.05, 4.69) is 9.88 Å². The Morgan fingerprint density at radius 2 is 1.90 bits per heavy atom. The van der Waals surface area contributed by atoms with Crippen molar-refractivity contribution >= 4 is 67.9 Å². The molecule has 3 rings (SSSR count). The highest BCUT2D eigenvalue weighted by Gasteiger charge is 2.26. The van der Waals surface area contributed by atoms with Crippen molar-refractivity contribution in [1.82, 2.24) is 14.9 Å². The molecule has 158 valence electrons. The molecule has 1 aromatic carbocycles. The van der Waals surface area contributed by atoms with Crippen molar-refractivity contribution < 1.29 is 9.53 Å². The average Bonchev–Trinajstić information content (AvgIpc) is 3.22. The van der Waals surface area contributed by atoms with Gasteiger partial charge in [-0.05, 0) is 53.0 Å². The number of anilines is 1. The number of amides is 1. The molecule has 1 amide bonds. The van der Waals surface area contributed by atoms with Crippen LogP contribution in [-0.4, -0.2) is 55.1 Å². The number of methoxy groups -OCH3 is 1. The summed E-state index contributed by atoms with van der Waals surface area (Å²) in [6.07, 6.45) is 0.830. The Bertz CT molecular complexity index is 1000. The quantitative estimate of drug-likeness (QED) is 0.479. The first kappa shape index (κ1) is 23.8. The molecule has 29 heavy (non-hydrogen) atoms. The molecule has 0 fully saturated rings. The maximum absolute atomic E-state index is 13.4. The summed E-state index contributed by atoms with van der Waals surface area (Å²) in [5.74, 6) is 0.573. The average molecular weight is 475 g/mol. The van der Waals surface area contributed by atoms with Crippen LogP contribution in [0, 0.1) is 13.8 Å². The maximum Gasteiger partial charge on any atom is 0.272 e. The molecule has 3 aromatic rings. The van der Waals surface area contributed by atoms with Gasteiger partial charge in [0.05, 0.1) is 27.5 Å². The number of aromatic nitrogens is 2. The number of aryl methyl sites for hydroxylation is 2. The first-order chi connectivity index (χ1) is 13.3. The van der Waals surface area contributed by atoms with Crippen molar-refractivity contribution in [2.75, 3.05) is 39.2 Å². The van der Waals surface area contributed by atoms with Crippen molar-refractivity contribution in [2.45, 2.75) is 20.3 Å². The van der Waals surface area contributed by atoms with Crippen LogP contribution in [0.3, 0.4) is 0 Å². The van der Waals surface area contributed by atoms with E-state index in [1.807, 2.05) is 27.9 Å². The van der Waals surface area contributed by atoms with Gasteiger partial charge >= 0.3 is 0 Å². The number of thiazole rings is 2. The fourth-order valence-electron chi connectivity index (χ4n) is 2.90. The molecule has 0 unspecified atom stereocenters. The molecule has 0 aliphatic heterocycles. The third-order valence-electron chi connectivity index (χ3n) is 4.23. The summed E-state index contributed by atoms with van der Waals surface area (Å²) in [4.78, 5) is 27.0. The first-order valence-electron chi connectivity index (χ1n) is 8.85. The highest BCUT2D eigenvalue weighted by Crippen LogP contribution is 2.39. The summed E-state index contributed by atoms with van der Waals surface area (Å²) >= 11 is 9.20. The monoisotopic (exact) mass is 474 g/mol. The molecule has 0 saturated carbocycles. The van der Waals surface area contributed by atoms with Gasteiger partial charge in [-0.25, -0.2) is 9.97 Å². The number of benzene rings is 1. The SMILES string of the molecule is COc1ccc(Cl)c2sc(N(CCCN(C)C)C(=O)c3sc(C)nc3C)nc12.Cl. The summed E-state index contributed by atoms with van der Waals surface area (Å²) in [5, 5.41) is 2.10. The minimum Gasteiger partial charge on any atom is -0.494 e. The molecule has 2 aromatic heterocycles. The van der Waals surface area contributed by atoms with Gasteiger partial charge in [0.1, 0.15) is 16.1 Å². The summed E-state index contributed by atoms with van der Waals surface area (Å²) < 4.78 is 6.24. The van der Waals surface area contributed by atoms with Gasteiger partial charge in [-0.3, -0.25) is 9.69 Å². The molecule has 0 N–H and O–H groups in total. The predicted molar refractivity (Wildman–Crippen MR) is 125 cm³/mol. The van der Waals surface area contributed by atoms with E-state index in [9.17, 15) is 4.79 Å². The molecule has 0 radical (unpaired) electrons. The zero-order valence-corrected chi connectivity index (χ0v) is 20.2. The van der Waals surface area contributed by atoms with Gasteiger partial charge in [-0.2, -0.15) is 0 Å². The fraction of sp³-hybridized carbons (Fsp3) is 0.421. The molecule has 0 spiro atoms. The Balaban J connectivity index is 0.00000300. The standard InChI is InChI=1S/C19H23ClN4O2S2.ClH/c1-11-16(27-12(2)21-11)18(25)24(10-6-9-23(3)4)19-22-15-14(26-5)8-7-13(20)17(15)28-19;/h7-8H,6,9-10H2,1-5H3;1H. The molecule has 2 heterocycles. The number of rotatable bonds is 7. The van der Waals surface area contributed by atoms with E-state index in [0.29, 0.717) is 32.8 Å². The van der Waals surface area contributed by atoms with Crippen LogP contribution in [0.2, 0.25) is 5.02 Å². The van der Waals surface area contributed by atoms with Gasteiger partial charge < -0.3 is 9.64 Å². The Kier molecular flexibility index (Phi) is 8.25. The van der Waals surface area contributed by atoms with E-state index in [0.717, 1.165) is 28.4 Å². The first-order valence-corrected chi connectivity index (χ1v) is 10.9. The molecule has 0 atom stereocenters. The number of hydrogen-bond acceptors (Lipinski definition) is 7. The topological polar surface area (TPSA) is 58.6 Å². The minimum atomic E-state index is -0.0731.